The quantitative estimate of drug-likeness (QED) is 0.708. The normalized spacial score (nSPS) is 22.1. The molecule has 0 aromatic carbocycles. The van der Waals surface area contributed by atoms with Gasteiger partial charge in [0.1, 0.15) is 0 Å². The standard InChI is InChI=1S/C13H17F5N4O3S/c1-7(22-26(2,23)24)8-3-5-9(6-4-8)19-11-20-10(21-25-11)12(14,15)13(16,17)18/h8-9,22H,1,3-6H2,2H3,(H,19,20,21). The molecule has 26 heavy (non-hydrogen) atoms. The van der Waals surface area contributed by atoms with Gasteiger partial charge >= 0.3 is 18.1 Å². The molecule has 0 atom stereocenters. The fraction of sp³-hybridized carbons (Fsp3) is 0.692. The van der Waals surface area contributed by atoms with Gasteiger partial charge in [-0.05, 0) is 31.6 Å². The van der Waals surface area contributed by atoms with Gasteiger partial charge in [-0.3, -0.25) is 4.72 Å². The molecule has 1 aromatic heterocycles. The number of hydrogen-bond acceptors (Lipinski definition) is 6. The predicted octanol–water partition coefficient (Wildman–Crippen LogP) is 2.76. The Morgan fingerprint density at radius 3 is 2.27 bits per heavy atom. The minimum atomic E-state index is -5.82. The summed E-state index contributed by atoms with van der Waals surface area (Å²) in [5.41, 5.74) is 0.357. The fourth-order valence-corrected chi connectivity index (χ4v) is 3.26. The summed E-state index contributed by atoms with van der Waals surface area (Å²) in [5.74, 6) is -7.06. The average molecular weight is 404 g/mol. The van der Waals surface area contributed by atoms with Crippen molar-refractivity contribution in [2.45, 2.75) is 43.8 Å². The van der Waals surface area contributed by atoms with Crippen LogP contribution in [0.4, 0.5) is 28.0 Å². The van der Waals surface area contributed by atoms with E-state index in [0.717, 1.165) is 6.26 Å². The van der Waals surface area contributed by atoms with Gasteiger partial charge in [0.25, 0.3) is 5.82 Å². The van der Waals surface area contributed by atoms with E-state index in [-0.39, 0.29) is 12.0 Å². The lowest BCUT2D eigenvalue weighted by Gasteiger charge is -2.29. The second-order valence-electron chi connectivity index (χ2n) is 6.09. The van der Waals surface area contributed by atoms with Gasteiger partial charge in [-0.25, -0.2) is 8.42 Å². The number of anilines is 1. The average Bonchev–Trinajstić information content (AvgIpc) is 2.94. The Morgan fingerprint density at radius 2 is 1.77 bits per heavy atom. The minimum Gasteiger partial charge on any atom is -0.335 e. The smallest absolute Gasteiger partial charge is 0.335 e. The number of rotatable bonds is 6. The van der Waals surface area contributed by atoms with Gasteiger partial charge in [0, 0.05) is 11.7 Å². The number of nitrogens with zero attached hydrogens (tertiary/aromatic N) is 2. The number of nitrogens with one attached hydrogen (secondary N) is 2. The van der Waals surface area contributed by atoms with Crippen LogP contribution in [0.3, 0.4) is 0 Å². The van der Waals surface area contributed by atoms with Crippen molar-refractivity contribution < 1.29 is 34.9 Å². The maximum Gasteiger partial charge on any atom is 0.461 e. The molecule has 1 heterocycles. The number of aromatic nitrogens is 2. The zero-order valence-electron chi connectivity index (χ0n) is 13.6. The van der Waals surface area contributed by atoms with E-state index in [2.05, 4.69) is 31.3 Å². The number of alkyl halides is 5. The van der Waals surface area contributed by atoms with E-state index < -0.39 is 34.0 Å². The summed E-state index contributed by atoms with van der Waals surface area (Å²) in [4.78, 5) is 3.08. The topological polar surface area (TPSA) is 97.1 Å². The third-order valence-corrected chi connectivity index (χ3v) is 4.56. The van der Waals surface area contributed by atoms with E-state index in [1.807, 2.05) is 0 Å². The molecule has 1 aromatic rings. The number of hydrogen-bond donors (Lipinski definition) is 2. The lowest BCUT2D eigenvalue weighted by Crippen LogP contribution is -2.35. The molecule has 0 bridgehead atoms. The molecule has 1 fully saturated rings. The number of halogens is 5. The first-order valence-electron chi connectivity index (χ1n) is 7.51. The zero-order chi connectivity index (χ0) is 19.8. The summed E-state index contributed by atoms with van der Waals surface area (Å²) >= 11 is 0. The van der Waals surface area contributed by atoms with Crippen LogP contribution in [0.25, 0.3) is 0 Å². The molecular formula is C13H17F5N4O3S. The third-order valence-electron chi connectivity index (χ3n) is 3.93. The Bertz CT molecular complexity index is 754. The molecule has 0 saturated heterocycles. The van der Waals surface area contributed by atoms with Crippen molar-refractivity contribution in [1.82, 2.24) is 14.9 Å². The minimum absolute atomic E-state index is 0.101. The Balaban J connectivity index is 1.92. The SMILES string of the molecule is C=C(NS(C)(=O)=O)C1CCC(Nc2nc(C(F)(F)C(F)(F)F)no2)CC1. The van der Waals surface area contributed by atoms with Crippen LogP contribution in [-0.2, 0) is 15.9 Å². The van der Waals surface area contributed by atoms with Crippen molar-refractivity contribution in [3.8, 4) is 0 Å². The van der Waals surface area contributed by atoms with Crippen LogP contribution >= 0.6 is 0 Å². The first-order chi connectivity index (χ1) is 11.8. The molecular weight excluding hydrogens is 387 g/mol. The molecule has 1 aliphatic carbocycles. The summed E-state index contributed by atoms with van der Waals surface area (Å²) in [7, 11) is -3.42. The lowest BCUT2D eigenvalue weighted by molar-refractivity contribution is -0.293. The molecule has 2 rings (SSSR count). The lowest BCUT2D eigenvalue weighted by atomic mass is 9.84. The van der Waals surface area contributed by atoms with E-state index in [0.29, 0.717) is 31.4 Å². The van der Waals surface area contributed by atoms with Gasteiger partial charge in [0.15, 0.2) is 0 Å². The van der Waals surface area contributed by atoms with Crippen LogP contribution in [0, 0.1) is 5.92 Å². The Morgan fingerprint density at radius 1 is 1.19 bits per heavy atom. The second kappa shape index (κ2) is 7.00. The molecule has 0 radical (unpaired) electrons. The Hall–Kier alpha value is -1.92. The molecule has 0 amide bonds. The molecule has 0 spiro atoms. The van der Waals surface area contributed by atoms with Crippen molar-refractivity contribution in [3.05, 3.63) is 18.1 Å². The van der Waals surface area contributed by atoms with Gasteiger partial charge in [0.05, 0.1) is 6.26 Å². The Kier molecular flexibility index (Phi) is 5.49. The van der Waals surface area contributed by atoms with Crippen LogP contribution in [-0.4, -0.2) is 37.0 Å². The first kappa shape index (κ1) is 20.4. The molecule has 1 aliphatic rings. The predicted molar refractivity (Wildman–Crippen MR) is 80.7 cm³/mol. The fourth-order valence-electron chi connectivity index (χ4n) is 2.62. The molecule has 2 N–H and O–H groups in total. The van der Waals surface area contributed by atoms with E-state index in [1.165, 1.54) is 0 Å². The molecule has 1 saturated carbocycles. The third kappa shape index (κ3) is 4.83. The second-order valence-corrected chi connectivity index (χ2v) is 7.84. The molecule has 13 heteroatoms. The molecule has 148 valence electrons. The van der Waals surface area contributed by atoms with E-state index in [1.54, 1.807) is 0 Å². The highest BCUT2D eigenvalue weighted by molar-refractivity contribution is 7.88. The van der Waals surface area contributed by atoms with E-state index in [4.69, 9.17) is 0 Å². The maximum atomic E-state index is 13.1. The van der Waals surface area contributed by atoms with Crippen molar-refractivity contribution >= 4 is 16.0 Å². The van der Waals surface area contributed by atoms with E-state index in [9.17, 15) is 30.4 Å². The van der Waals surface area contributed by atoms with Gasteiger partial charge < -0.3 is 9.84 Å². The summed E-state index contributed by atoms with van der Waals surface area (Å²) in [5, 5.41) is 5.32. The van der Waals surface area contributed by atoms with Crippen molar-refractivity contribution in [1.29, 1.82) is 0 Å². The molecule has 0 unspecified atom stereocenters. The Labute approximate surface area is 146 Å². The van der Waals surface area contributed by atoms with Crippen LogP contribution in [0.15, 0.2) is 16.8 Å². The van der Waals surface area contributed by atoms with Gasteiger partial charge in [-0.1, -0.05) is 11.7 Å². The van der Waals surface area contributed by atoms with Crippen LogP contribution < -0.4 is 10.0 Å². The summed E-state index contributed by atoms with van der Waals surface area (Å²) in [6, 6.07) is -0.814. The number of allylic oxidation sites excluding steroid dienone is 1. The monoisotopic (exact) mass is 404 g/mol. The van der Waals surface area contributed by atoms with E-state index >= 15 is 0 Å². The van der Waals surface area contributed by atoms with Crippen LogP contribution in [0.1, 0.15) is 31.5 Å². The summed E-state index contributed by atoms with van der Waals surface area (Å²) in [6.07, 6.45) is -2.75. The van der Waals surface area contributed by atoms with Crippen molar-refractivity contribution in [2.75, 3.05) is 11.6 Å². The summed E-state index contributed by atoms with van der Waals surface area (Å²) in [6.45, 7) is 3.68. The van der Waals surface area contributed by atoms with Gasteiger partial charge in [0.2, 0.25) is 10.0 Å². The van der Waals surface area contributed by atoms with Crippen LogP contribution in [0.5, 0.6) is 0 Å². The summed E-state index contributed by atoms with van der Waals surface area (Å²) < 4.78 is 92.2. The van der Waals surface area contributed by atoms with Crippen LogP contribution in [0.2, 0.25) is 0 Å². The van der Waals surface area contributed by atoms with Gasteiger partial charge in [-0.2, -0.15) is 26.9 Å². The van der Waals surface area contributed by atoms with Crippen molar-refractivity contribution in [2.24, 2.45) is 5.92 Å². The maximum absolute atomic E-state index is 13.1. The largest absolute Gasteiger partial charge is 0.461 e. The highest BCUT2D eigenvalue weighted by Gasteiger charge is 2.62. The van der Waals surface area contributed by atoms with Crippen molar-refractivity contribution in [3.63, 3.8) is 0 Å². The zero-order valence-corrected chi connectivity index (χ0v) is 14.4. The number of sulfonamides is 1. The first-order valence-corrected chi connectivity index (χ1v) is 9.40. The molecule has 7 nitrogen and oxygen atoms in total. The highest BCUT2D eigenvalue weighted by atomic mass is 32.2. The highest BCUT2D eigenvalue weighted by Crippen LogP contribution is 2.42. The van der Waals surface area contributed by atoms with Gasteiger partial charge in [-0.15, -0.1) is 0 Å². The molecule has 0 aliphatic heterocycles.